The molecule has 0 amide bonds. The number of carboxylic acids is 2. The number of halogens is 2. The lowest BCUT2D eigenvalue weighted by Crippen LogP contribution is -2.40. The number of nitrogens with zero attached hydrogens (tertiary/aromatic N) is 4. The maximum Gasteiger partial charge on any atom is 0.331 e. The molecule has 368 valence electrons. The molecule has 0 saturated heterocycles. The third-order valence-corrected chi connectivity index (χ3v) is 16.9. The number of carbonyl (C=O) groups is 2. The quantitative estimate of drug-likeness (QED) is 0.0547. The van der Waals surface area contributed by atoms with Crippen molar-refractivity contribution in [1.29, 1.82) is 0 Å². The zero-order chi connectivity index (χ0) is 49.8. The van der Waals surface area contributed by atoms with Gasteiger partial charge in [0.2, 0.25) is 20.0 Å². The van der Waals surface area contributed by atoms with E-state index in [1.165, 1.54) is 68.5 Å². The number of thioether (sulfide) groups is 2. The van der Waals surface area contributed by atoms with Gasteiger partial charge in [0.05, 0.1) is 45.8 Å². The van der Waals surface area contributed by atoms with Gasteiger partial charge >= 0.3 is 11.9 Å². The van der Waals surface area contributed by atoms with E-state index < -0.39 is 32.0 Å². The predicted octanol–water partition coefficient (Wildman–Crippen LogP) is 10.5. The number of hydrogen-bond donors (Lipinski definition) is 2. The molecule has 2 aliphatic heterocycles. The van der Waals surface area contributed by atoms with E-state index in [1.54, 1.807) is 50.5 Å². The molecule has 0 fully saturated rings. The summed E-state index contributed by atoms with van der Waals surface area (Å²) in [4.78, 5) is 27.0. The van der Waals surface area contributed by atoms with Gasteiger partial charge in [0, 0.05) is 62.8 Å². The van der Waals surface area contributed by atoms with Gasteiger partial charge in [-0.3, -0.25) is 0 Å². The van der Waals surface area contributed by atoms with Crippen LogP contribution in [0.25, 0.3) is 0 Å². The zero-order valence-corrected chi connectivity index (χ0v) is 42.1. The van der Waals surface area contributed by atoms with E-state index in [4.69, 9.17) is 19.7 Å². The minimum Gasteiger partial charge on any atom is -0.478 e. The molecule has 2 N–H and O–H groups in total. The van der Waals surface area contributed by atoms with Crippen LogP contribution in [0.2, 0.25) is 0 Å². The highest BCUT2D eigenvalue weighted by Gasteiger charge is 2.39. The summed E-state index contributed by atoms with van der Waals surface area (Å²) in [7, 11) is -4.63. The number of aliphatic carboxylic acids is 2. The SMILES string of the molecule is CCCC[C@@H]1CN(c2ccc(F)cc2)c2cc(SCC)c(O/C=C/C(=O)O)cc2S(=O)(=O)N1C.CCCC[C@H]1CN(c2ccc(F)cc2)c2cc(SCC)c(O/C=C/C(=O)O)cc2S(=O)(=O)N1C. The monoisotopic (exact) mass is 1020 g/mol. The Bertz CT molecular complexity index is 2490. The van der Waals surface area contributed by atoms with Crippen LogP contribution < -0.4 is 19.3 Å². The second-order valence-electron chi connectivity index (χ2n) is 15.7. The van der Waals surface area contributed by atoms with Crippen molar-refractivity contribution in [3.8, 4) is 11.5 Å². The average molecular weight is 1020 g/mol. The number of anilines is 4. The highest BCUT2D eigenvalue weighted by molar-refractivity contribution is 7.99. The summed E-state index contributed by atoms with van der Waals surface area (Å²) in [6, 6.07) is 17.8. The van der Waals surface area contributed by atoms with Crippen LogP contribution in [0.1, 0.15) is 66.2 Å². The molecule has 0 bridgehead atoms. The summed E-state index contributed by atoms with van der Waals surface area (Å²) in [5.41, 5.74) is 2.31. The second-order valence-corrected chi connectivity index (χ2v) is 22.3. The molecule has 68 heavy (non-hydrogen) atoms. The Morgan fingerprint density at radius 2 is 0.985 bits per heavy atom. The molecule has 0 spiro atoms. The zero-order valence-electron chi connectivity index (χ0n) is 38.8. The lowest BCUT2D eigenvalue weighted by molar-refractivity contribution is -0.132. The van der Waals surface area contributed by atoms with Gasteiger partial charge < -0.3 is 29.5 Å². The molecule has 0 aliphatic carbocycles. The van der Waals surface area contributed by atoms with E-state index in [0.717, 1.165) is 50.4 Å². The van der Waals surface area contributed by atoms with Crippen molar-refractivity contribution >= 4 is 78.3 Å². The number of sulfonamides is 2. The Hall–Kier alpha value is -5.12. The topological polar surface area (TPSA) is 174 Å². The molecule has 0 unspecified atom stereocenters. The van der Waals surface area contributed by atoms with Crippen molar-refractivity contribution in [3.05, 3.63) is 109 Å². The fraction of sp³-hybridized carbons (Fsp3) is 0.375. The molecule has 0 saturated carbocycles. The van der Waals surface area contributed by atoms with Crippen LogP contribution in [0.5, 0.6) is 11.5 Å². The van der Waals surface area contributed by atoms with Crippen LogP contribution in [-0.4, -0.2) is 98.4 Å². The number of carboxylic acid groups (broad SMARTS) is 2. The average Bonchev–Trinajstić information content (AvgIpc) is 3.42. The Balaban J connectivity index is 0.000000254. The molecular formula is C48H58F2N4O10S4. The summed E-state index contributed by atoms with van der Waals surface area (Å²) in [6.45, 7) is 8.83. The molecule has 0 aromatic heterocycles. The minimum atomic E-state index is -3.89. The summed E-state index contributed by atoms with van der Waals surface area (Å²) in [5.74, 6) is -1.19. The minimum absolute atomic E-state index is 0.0532. The van der Waals surface area contributed by atoms with Gasteiger partial charge in [0.25, 0.3) is 0 Å². The van der Waals surface area contributed by atoms with E-state index in [0.29, 0.717) is 70.0 Å². The van der Waals surface area contributed by atoms with Gasteiger partial charge in [-0.2, -0.15) is 8.61 Å². The third-order valence-electron chi connectivity index (χ3n) is 11.2. The van der Waals surface area contributed by atoms with Gasteiger partial charge in [-0.05, 0) is 85.0 Å². The number of benzene rings is 4. The first-order chi connectivity index (χ1) is 32.4. The van der Waals surface area contributed by atoms with E-state index >= 15 is 0 Å². The van der Waals surface area contributed by atoms with Crippen molar-refractivity contribution < 1.29 is 54.9 Å². The van der Waals surface area contributed by atoms with Gasteiger partial charge in [-0.25, -0.2) is 35.2 Å². The van der Waals surface area contributed by atoms with Crippen molar-refractivity contribution in [2.24, 2.45) is 0 Å². The van der Waals surface area contributed by atoms with Crippen LogP contribution in [0.15, 0.2) is 117 Å². The maximum atomic E-state index is 13.7. The van der Waals surface area contributed by atoms with Gasteiger partial charge in [-0.15, -0.1) is 23.5 Å². The van der Waals surface area contributed by atoms with Crippen LogP contribution in [0, 0.1) is 11.6 Å². The first kappa shape index (κ1) is 53.8. The second kappa shape index (κ2) is 24.4. The highest BCUT2D eigenvalue weighted by atomic mass is 32.2. The van der Waals surface area contributed by atoms with Crippen molar-refractivity contribution in [2.75, 3.05) is 48.5 Å². The lowest BCUT2D eigenvalue weighted by atomic mass is 10.1. The standard InChI is InChI=1S/2C24H29FN2O5S2/c2*1-4-6-7-19-16-27(18-10-8-17(25)9-11-18)20-14-22(33-5-2)21(32-13-12-24(28)29)15-23(20)34(30,31)26(19)3/h2*8-15,19H,4-7,16H2,1-3H3,(H,28,29)/b2*13-12+/t2*19-/m10/s1. The van der Waals surface area contributed by atoms with Gasteiger partial charge in [0.1, 0.15) is 32.9 Å². The normalized spacial score (nSPS) is 18.0. The largest absolute Gasteiger partial charge is 0.478 e. The number of likely N-dealkylation sites (N-methyl/N-ethyl adjacent to an activating group) is 2. The Morgan fingerprint density at radius 3 is 1.29 bits per heavy atom. The van der Waals surface area contributed by atoms with E-state index in [1.807, 2.05) is 23.6 Å². The molecular weight excluding hydrogens is 959 g/mol. The Morgan fingerprint density at radius 1 is 0.632 bits per heavy atom. The van der Waals surface area contributed by atoms with Gasteiger partial charge in [0.15, 0.2) is 0 Å². The molecule has 2 aliphatic rings. The summed E-state index contributed by atoms with van der Waals surface area (Å²) >= 11 is 2.91. The molecule has 14 nitrogen and oxygen atoms in total. The fourth-order valence-corrected chi connectivity index (χ4v) is 12.3. The van der Waals surface area contributed by atoms with E-state index in [9.17, 15) is 35.2 Å². The summed E-state index contributed by atoms with van der Waals surface area (Å²) in [5, 5.41) is 17.8. The van der Waals surface area contributed by atoms with Crippen LogP contribution in [0.3, 0.4) is 0 Å². The van der Waals surface area contributed by atoms with E-state index in [-0.39, 0.29) is 45.0 Å². The van der Waals surface area contributed by atoms with Crippen LogP contribution in [0.4, 0.5) is 31.5 Å². The smallest absolute Gasteiger partial charge is 0.331 e. The highest BCUT2D eigenvalue weighted by Crippen LogP contribution is 2.46. The Labute approximate surface area is 406 Å². The fourth-order valence-electron chi connectivity index (χ4n) is 7.66. The summed E-state index contributed by atoms with van der Waals surface area (Å²) < 4.78 is 96.0. The van der Waals surface area contributed by atoms with Crippen molar-refractivity contribution in [3.63, 3.8) is 0 Å². The molecule has 6 rings (SSSR count). The molecule has 2 atom stereocenters. The summed E-state index contributed by atoms with van der Waals surface area (Å²) in [6.07, 6.45) is 8.69. The van der Waals surface area contributed by atoms with Crippen LogP contribution in [-0.2, 0) is 29.6 Å². The first-order valence-electron chi connectivity index (χ1n) is 22.1. The third kappa shape index (κ3) is 13.1. The maximum absolute atomic E-state index is 13.7. The first-order valence-corrected chi connectivity index (χ1v) is 27.0. The van der Waals surface area contributed by atoms with Crippen LogP contribution >= 0.6 is 23.5 Å². The molecule has 4 aromatic rings. The predicted molar refractivity (Wildman–Crippen MR) is 264 cm³/mol. The molecule has 20 heteroatoms. The Kier molecular flexibility index (Phi) is 19.3. The number of fused-ring (bicyclic) bond motifs is 2. The number of hydrogen-bond acceptors (Lipinski definition) is 12. The van der Waals surface area contributed by atoms with Gasteiger partial charge in [-0.1, -0.05) is 53.4 Å². The van der Waals surface area contributed by atoms with Crippen molar-refractivity contribution in [1.82, 2.24) is 8.61 Å². The molecule has 0 radical (unpaired) electrons. The van der Waals surface area contributed by atoms with Crippen molar-refractivity contribution in [2.45, 2.75) is 97.9 Å². The lowest BCUT2D eigenvalue weighted by Gasteiger charge is -2.29. The van der Waals surface area contributed by atoms with E-state index in [2.05, 4.69) is 13.8 Å². The molecule has 4 aromatic carbocycles. The number of rotatable bonds is 18. The number of ether oxygens (including phenoxy) is 2. The number of unbranched alkanes of at least 4 members (excludes halogenated alkanes) is 2. The molecule has 2 heterocycles.